The molecule has 46 heavy (non-hydrogen) atoms. The maximum Gasteiger partial charge on any atom is 0.0756 e. The van der Waals surface area contributed by atoms with Gasteiger partial charge >= 0.3 is 0 Å². The van der Waals surface area contributed by atoms with Gasteiger partial charge in [0.25, 0.3) is 0 Å². The molecule has 4 heteroatoms. The van der Waals surface area contributed by atoms with Crippen LogP contribution in [0.2, 0.25) is 0 Å². The Bertz CT molecular complexity index is 1550. The normalized spacial score (nSPS) is 16.7. The quantitative estimate of drug-likeness (QED) is 0.171. The van der Waals surface area contributed by atoms with E-state index in [2.05, 4.69) is 109 Å². The van der Waals surface area contributed by atoms with Crippen LogP contribution in [0.3, 0.4) is 0 Å². The van der Waals surface area contributed by atoms with Gasteiger partial charge in [0.1, 0.15) is 0 Å². The van der Waals surface area contributed by atoms with E-state index in [1.54, 1.807) is 0 Å². The van der Waals surface area contributed by atoms with E-state index >= 15 is 0 Å². The predicted octanol–water partition coefficient (Wildman–Crippen LogP) is 11.6. The number of nitrogens with zero attached hydrogens (tertiary/aromatic N) is 2. The summed E-state index contributed by atoms with van der Waals surface area (Å²) in [7, 11) is 0. The number of hydrogen-bond acceptors (Lipinski definition) is 2. The van der Waals surface area contributed by atoms with Crippen molar-refractivity contribution in [3.8, 4) is 11.3 Å². The molecule has 0 amide bonds. The smallest absolute Gasteiger partial charge is 0.0756 e. The Balaban J connectivity index is 0.000000266. The molecule has 3 nitrogen and oxygen atoms in total. The molecule has 253 valence electrons. The van der Waals surface area contributed by atoms with Crippen LogP contribution >= 0.6 is 0 Å². The van der Waals surface area contributed by atoms with E-state index in [4.69, 9.17) is 10.3 Å². The number of aromatic nitrogens is 1. The standard InChI is InChI=1S/C26H25N.C15H30NO.CH3.Ir/c1-16(2)14-18-10-7-13-23-20(18)15-22-25(27-23)19-11-5-8-17-9-6-12-21(24(17)19)26(22,3)4;1-4-13(5-2)15(17)11-12(3)16-14-9-7-6-8-10-14;;/h5-13,15-16H,14H2,1-4H3;12-15,17H,4-11H2,1-3H3;1H3;/q;2*-1;. The van der Waals surface area contributed by atoms with Crippen molar-refractivity contribution in [2.24, 2.45) is 11.8 Å². The zero-order chi connectivity index (χ0) is 31.4. The van der Waals surface area contributed by atoms with E-state index in [1.165, 1.54) is 70.5 Å². The molecule has 2 aliphatic carbocycles. The first kappa shape index (κ1) is 38.3. The molecule has 2 aliphatic rings. The molecular formula is C42H58IrN2O-2. The number of fused-ring (bicyclic) bond motifs is 3. The van der Waals surface area contributed by atoms with Crippen LogP contribution in [-0.4, -0.2) is 28.3 Å². The largest absolute Gasteiger partial charge is 0.657 e. The summed E-state index contributed by atoms with van der Waals surface area (Å²) >= 11 is 0. The maximum atomic E-state index is 10.1. The van der Waals surface area contributed by atoms with Crippen LogP contribution in [0, 0.1) is 19.3 Å². The van der Waals surface area contributed by atoms with Crippen LogP contribution in [0.1, 0.15) is 117 Å². The van der Waals surface area contributed by atoms with E-state index in [-0.39, 0.29) is 39.1 Å². The Kier molecular flexibility index (Phi) is 14.0. The molecule has 0 saturated heterocycles. The first-order valence-electron chi connectivity index (χ1n) is 17.5. The molecule has 1 heterocycles. The van der Waals surface area contributed by atoms with Gasteiger partial charge < -0.3 is 17.8 Å². The molecule has 3 aromatic carbocycles. The first-order chi connectivity index (χ1) is 21.1. The van der Waals surface area contributed by atoms with Crippen molar-refractivity contribution in [1.82, 2.24) is 4.98 Å². The number of aliphatic hydroxyl groups excluding tert-OH is 1. The number of benzene rings is 3. The fourth-order valence-corrected chi connectivity index (χ4v) is 7.79. The van der Waals surface area contributed by atoms with Crippen molar-refractivity contribution >= 4 is 21.7 Å². The van der Waals surface area contributed by atoms with E-state index in [0.717, 1.165) is 36.9 Å². The van der Waals surface area contributed by atoms with Gasteiger partial charge in [0.05, 0.1) is 17.3 Å². The minimum atomic E-state index is -0.160. The second kappa shape index (κ2) is 16.8. The summed E-state index contributed by atoms with van der Waals surface area (Å²) in [6.07, 6.45) is 10.5. The molecule has 1 radical (unpaired) electrons. The molecule has 2 unspecified atom stereocenters. The fraction of sp³-hybridized carbons (Fsp3) is 0.524. The molecule has 0 aliphatic heterocycles. The van der Waals surface area contributed by atoms with E-state index in [9.17, 15) is 5.11 Å². The van der Waals surface area contributed by atoms with Gasteiger partial charge in [-0.1, -0.05) is 142 Å². The topological polar surface area (TPSA) is 47.2 Å². The summed E-state index contributed by atoms with van der Waals surface area (Å²) in [5, 5.41) is 19.0. The third kappa shape index (κ3) is 8.30. The van der Waals surface area contributed by atoms with Gasteiger partial charge in [-0.05, 0) is 64.3 Å². The Hall–Kier alpha value is -2.10. The van der Waals surface area contributed by atoms with Crippen LogP contribution in [0.4, 0.5) is 0 Å². The molecule has 2 atom stereocenters. The molecule has 1 aromatic heterocycles. The van der Waals surface area contributed by atoms with Crippen molar-refractivity contribution in [1.29, 1.82) is 0 Å². The van der Waals surface area contributed by atoms with Gasteiger partial charge in [-0.2, -0.15) is 0 Å². The number of rotatable bonds is 9. The van der Waals surface area contributed by atoms with Crippen molar-refractivity contribution in [2.75, 3.05) is 0 Å². The number of aliphatic hydroxyl groups is 1. The average molecular weight is 799 g/mol. The molecule has 1 N–H and O–H groups in total. The molecule has 6 rings (SSSR count). The summed E-state index contributed by atoms with van der Waals surface area (Å²) < 4.78 is 0. The molecule has 0 bridgehead atoms. The van der Waals surface area contributed by atoms with Crippen LogP contribution < -0.4 is 0 Å². The maximum absolute atomic E-state index is 10.1. The van der Waals surface area contributed by atoms with E-state index in [1.807, 2.05) is 0 Å². The van der Waals surface area contributed by atoms with Gasteiger partial charge in [0, 0.05) is 36.5 Å². The molecule has 1 fully saturated rings. The Labute approximate surface area is 293 Å². The van der Waals surface area contributed by atoms with Crippen molar-refractivity contribution in [2.45, 2.75) is 130 Å². The SMILES string of the molecule is CC(C)Cc1cccc2nc3c(cc12)C(C)(C)c1cccc2cccc-3c12.CCC(CC)C(O)CC(C)[N-]C1CCCCC1.[CH3-].[Ir]. The summed E-state index contributed by atoms with van der Waals surface area (Å²) in [5.74, 6) is 1.09. The number of hydrogen-bond donors (Lipinski definition) is 1. The Morgan fingerprint density at radius 3 is 2.20 bits per heavy atom. The van der Waals surface area contributed by atoms with Gasteiger partial charge in [-0.3, -0.25) is 0 Å². The zero-order valence-electron chi connectivity index (χ0n) is 29.7. The minimum Gasteiger partial charge on any atom is -0.657 e. The number of pyridine rings is 1. The van der Waals surface area contributed by atoms with Gasteiger partial charge in [-0.25, -0.2) is 4.98 Å². The molecular weight excluding hydrogens is 741 g/mol. The Morgan fingerprint density at radius 1 is 0.891 bits per heavy atom. The van der Waals surface area contributed by atoms with Gasteiger partial charge in [0.15, 0.2) is 0 Å². The summed E-state index contributed by atoms with van der Waals surface area (Å²) in [4.78, 5) is 5.20. The van der Waals surface area contributed by atoms with Gasteiger partial charge in [0.2, 0.25) is 0 Å². The second-order valence-electron chi connectivity index (χ2n) is 14.5. The molecule has 0 spiro atoms. The fourth-order valence-electron chi connectivity index (χ4n) is 7.79. The van der Waals surface area contributed by atoms with Crippen molar-refractivity contribution < 1.29 is 25.2 Å². The summed E-state index contributed by atoms with van der Waals surface area (Å²) in [6, 6.07) is 23.2. The zero-order valence-corrected chi connectivity index (χ0v) is 32.1. The average Bonchev–Trinajstić information content (AvgIpc) is 3.00. The van der Waals surface area contributed by atoms with Gasteiger partial charge in [-0.15, -0.1) is 12.1 Å². The molecule has 1 saturated carbocycles. The van der Waals surface area contributed by atoms with Crippen molar-refractivity contribution in [3.63, 3.8) is 0 Å². The van der Waals surface area contributed by atoms with Crippen molar-refractivity contribution in [3.05, 3.63) is 90.1 Å². The van der Waals surface area contributed by atoms with Crippen LogP contribution in [0.15, 0.2) is 60.7 Å². The third-order valence-electron chi connectivity index (χ3n) is 10.3. The van der Waals surface area contributed by atoms with Crippen LogP contribution in [-0.2, 0) is 31.9 Å². The van der Waals surface area contributed by atoms with Crippen LogP contribution in [0.5, 0.6) is 0 Å². The first-order valence-corrected chi connectivity index (χ1v) is 17.5. The Morgan fingerprint density at radius 2 is 1.54 bits per heavy atom. The minimum absolute atomic E-state index is 0. The monoisotopic (exact) mass is 799 g/mol. The van der Waals surface area contributed by atoms with E-state index < -0.39 is 0 Å². The van der Waals surface area contributed by atoms with E-state index in [0.29, 0.717) is 23.9 Å². The summed E-state index contributed by atoms with van der Waals surface area (Å²) in [5.41, 5.74) is 7.63. The third-order valence-corrected chi connectivity index (χ3v) is 10.3. The summed E-state index contributed by atoms with van der Waals surface area (Å²) in [6.45, 7) is 15.8. The predicted molar refractivity (Wildman–Crippen MR) is 196 cm³/mol. The molecule has 4 aromatic rings. The second-order valence-corrected chi connectivity index (χ2v) is 14.5. The van der Waals surface area contributed by atoms with Crippen LogP contribution in [0.25, 0.3) is 38.2 Å².